The molecule has 116 valence electrons. The monoisotopic (exact) mass is 427 g/mol. The Bertz CT molecular complexity index is 649. The first-order chi connectivity index (χ1) is 10.5. The number of halogens is 2. The first kappa shape index (κ1) is 16.8. The molecule has 0 amide bonds. The zero-order valence-electron chi connectivity index (χ0n) is 11.9. The van der Waals surface area contributed by atoms with Gasteiger partial charge in [0, 0.05) is 12.1 Å². The van der Waals surface area contributed by atoms with Gasteiger partial charge < -0.3 is 15.2 Å². The third kappa shape index (κ3) is 4.48. The Kier molecular flexibility index (Phi) is 5.85. The van der Waals surface area contributed by atoms with Gasteiger partial charge in [-0.15, -0.1) is 0 Å². The van der Waals surface area contributed by atoms with Crippen molar-refractivity contribution in [3.8, 4) is 11.5 Å². The summed E-state index contributed by atoms with van der Waals surface area (Å²) < 4.78 is 12.1. The number of aryl methyl sites for hydroxylation is 1. The SMILES string of the molecule is COC(=O)CCc1cc(Br)c(Oc2ccc(N)cc2)c(Br)c1. The van der Waals surface area contributed by atoms with E-state index in [1.54, 1.807) is 24.3 Å². The Morgan fingerprint density at radius 3 is 2.27 bits per heavy atom. The van der Waals surface area contributed by atoms with Crippen LogP contribution in [0.4, 0.5) is 5.69 Å². The van der Waals surface area contributed by atoms with E-state index in [0.717, 1.165) is 14.5 Å². The second-order valence-corrected chi connectivity index (χ2v) is 6.34. The lowest BCUT2D eigenvalue weighted by atomic mass is 10.1. The van der Waals surface area contributed by atoms with Crippen LogP contribution in [0.3, 0.4) is 0 Å². The number of hydrogen-bond donors (Lipinski definition) is 1. The van der Waals surface area contributed by atoms with Gasteiger partial charge in [0.15, 0.2) is 5.75 Å². The zero-order valence-corrected chi connectivity index (χ0v) is 15.1. The number of carbonyl (C=O) groups excluding carboxylic acids is 1. The van der Waals surface area contributed by atoms with Gasteiger partial charge in [-0.3, -0.25) is 4.79 Å². The van der Waals surface area contributed by atoms with Gasteiger partial charge >= 0.3 is 5.97 Å². The van der Waals surface area contributed by atoms with Crippen LogP contribution in [0.2, 0.25) is 0 Å². The number of esters is 1. The molecule has 0 aliphatic heterocycles. The molecule has 0 aliphatic rings. The molecule has 0 spiro atoms. The molecule has 0 aliphatic carbocycles. The van der Waals surface area contributed by atoms with Gasteiger partial charge in [-0.1, -0.05) is 0 Å². The predicted octanol–water partition coefficient (Wildman–Crippen LogP) is 4.69. The van der Waals surface area contributed by atoms with Crippen LogP contribution in [-0.2, 0) is 16.0 Å². The second-order valence-electron chi connectivity index (χ2n) is 4.64. The fourth-order valence-electron chi connectivity index (χ4n) is 1.86. The maximum atomic E-state index is 11.2. The molecular formula is C16H15Br2NO3. The molecule has 0 aromatic heterocycles. The molecule has 4 nitrogen and oxygen atoms in total. The van der Waals surface area contributed by atoms with Crippen molar-refractivity contribution < 1.29 is 14.3 Å². The molecule has 0 unspecified atom stereocenters. The average Bonchev–Trinajstić information content (AvgIpc) is 2.50. The minimum absolute atomic E-state index is 0.227. The van der Waals surface area contributed by atoms with Crippen LogP contribution >= 0.6 is 31.9 Å². The molecule has 2 aromatic rings. The largest absolute Gasteiger partial charge is 0.469 e. The van der Waals surface area contributed by atoms with Crippen molar-refractivity contribution in [1.29, 1.82) is 0 Å². The summed E-state index contributed by atoms with van der Waals surface area (Å²) in [6.45, 7) is 0. The minimum Gasteiger partial charge on any atom is -0.469 e. The summed E-state index contributed by atoms with van der Waals surface area (Å²) in [5, 5.41) is 0. The molecule has 0 saturated heterocycles. The predicted molar refractivity (Wildman–Crippen MR) is 93.1 cm³/mol. The molecule has 2 N–H and O–H groups in total. The number of carbonyl (C=O) groups is 1. The maximum Gasteiger partial charge on any atom is 0.305 e. The highest BCUT2D eigenvalue weighted by molar-refractivity contribution is 9.11. The Hall–Kier alpha value is -1.53. The van der Waals surface area contributed by atoms with Crippen molar-refractivity contribution in [3.63, 3.8) is 0 Å². The third-order valence-corrected chi connectivity index (χ3v) is 4.18. The number of rotatable bonds is 5. The van der Waals surface area contributed by atoms with Gasteiger partial charge in [0.05, 0.1) is 16.1 Å². The second kappa shape index (κ2) is 7.65. The van der Waals surface area contributed by atoms with Crippen LogP contribution in [0.15, 0.2) is 45.3 Å². The van der Waals surface area contributed by atoms with Crippen molar-refractivity contribution in [2.45, 2.75) is 12.8 Å². The van der Waals surface area contributed by atoms with Gasteiger partial charge in [-0.25, -0.2) is 0 Å². The lowest BCUT2D eigenvalue weighted by molar-refractivity contribution is -0.140. The summed E-state index contributed by atoms with van der Waals surface area (Å²) in [6.07, 6.45) is 0.944. The highest BCUT2D eigenvalue weighted by atomic mass is 79.9. The molecule has 2 rings (SSSR count). The first-order valence-electron chi connectivity index (χ1n) is 6.57. The summed E-state index contributed by atoms with van der Waals surface area (Å²) >= 11 is 7.00. The van der Waals surface area contributed by atoms with Gasteiger partial charge in [0.2, 0.25) is 0 Å². The Labute approximate surface area is 145 Å². The number of nitrogen functional groups attached to an aromatic ring is 1. The number of benzene rings is 2. The number of methoxy groups -OCH3 is 1. The van der Waals surface area contributed by atoms with E-state index in [4.69, 9.17) is 10.5 Å². The summed E-state index contributed by atoms with van der Waals surface area (Å²) in [7, 11) is 1.39. The van der Waals surface area contributed by atoms with Crippen LogP contribution < -0.4 is 10.5 Å². The highest BCUT2D eigenvalue weighted by Crippen LogP contribution is 2.38. The Balaban J connectivity index is 2.16. The fourth-order valence-corrected chi connectivity index (χ4v) is 3.30. The molecular weight excluding hydrogens is 414 g/mol. The van der Waals surface area contributed by atoms with Crippen LogP contribution in [0.25, 0.3) is 0 Å². The topological polar surface area (TPSA) is 61.5 Å². The molecule has 6 heteroatoms. The van der Waals surface area contributed by atoms with Crippen LogP contribution in [0.1, 0.15) is 12.0 Å². The fraction of sp³-hybridized carbons (Fsp3) is 0.188. The Morgan fingerprint density at radius 1 is 1.14 bits per heavy atom. The Morgan fingerprint density at radius 2 is 1.73 bits per heavy atom. The van der Waals surface area contributed by atoms with Crippen molar-refractivity contribution >= 4 is 43.5 Å². The van der Waals surface area contributed by atoms with E-state index in [-0.39, 0.29) is 5.97 Å². The van der Waals surface area contributed by atoms with Gasteiger partial charge in [0.1, 0.15) is 5.75 Å². The molecule has 2 aromatic carbocycles. The van der Waals surface area contributed by atoms with Crippen LogP contribution in [0, 0.1) is 0 Å². The summed E-state index contributed by atoms with van der Waals surface area (Å²) in [5.74, 6) is 1.14. The van der Waals surface area contributed by atoms with Gasteiger partial charge in [0.25, 0.3) is 0 Å². The van der Waals surface area contributed by atoms with E-state index in [9.17, 15) is 4.79 Å². The minimum atomic E-state index is -0.227. The standard InChI is InChI=1S/C16H15Br2NO3/c1-21-15(20)7-2-10-8-13(17)16(14(18)9-10)22-12-5-3-11(19)4-6-12/h3-6,8-9H,2,7,19H2,1H3. The number of anilines is 1. The molecule has 0 saturated carbocycles. The zero-order chi connectivity index (χ0) is 16.1. The van der Waals surface area contributed by atoms with E-state index in [1.807, 2.05) is 12.1 Å². The number of hydrogen-bond acceptors (Lipinski definition) is 4. The first-order valence-corrected chi connectivity index (χ1v) is 8.16. The molecule has 22 heavy (non-hydrogen) atoms. The maximum absolute atomic E-state index is 11.2. The van der Waals surface area contributed by atoms with E-state index >= 15 is 0 Å². The number of ether oxygens (including phenoxy) is 2. The summed E-state index contributed by atoms with van der Waals surface area (Å²) in [6, 6.07) is 11.0. The van der Waals surface area contributed by atoms with E-state index in [0.29, 0.717) is 30.0 Å². The number of nitrogens with two attached hydrogens (primary N) is 1. The van der Waals surface area contributed by atoms with Crippen LogP contribution in [-0.4, -0.2) is 13.1 Å². The van der Waals surface area contributed by atoms with Gasteiger partial charge in [-0.05, 0) is 80.2 Å². The van der Waals surface area contributed by atoms with Crippen LogP contribution in [0.5, 0.6) is 11.5 Å². The van der Waals surface area contributed by atoms with Crippen molar-refractivity contribution in [1.82, 2.24) is 0 Å². The average molecular weight is 429 g/mol. The smallest absolute Gasteiger partial charge is 0.305 e. The summed E-state index contributed by atoms with van der Waals surface area (Å²) in [5.41, 5.74) is 7.35. The molecule has 0 heterocycles. The molecule has 0 atom stereocenters. The van der Waals surface area contributed by atoms with E-state index in [2.05, 4.69) is 36.6 Å². The quantitative estimate of drug-likeness (QED) is 0.554. The normalized spacial score (nSPS) is 10.3. The molecule has 0 radical (unpaired) electrons. The lowest BCUT2D eigenvalue weighted by Crippen LogP contribution is -2.02. The lowest BCUT2D eigenvalue weighted by Gasteiger charge is -2.12. The van der Waals surface area contributed by atoms with Crippen molar-refractivity contribution in [2.24, 2.45) is 0 Å². The third-order valence-electron chi connectivity index (χ3n) is 3.00. The van der Waals surface area contributed by atoms with Gasteiger partial charge in [-0.2, -0.15) is 0 Å². The highest BCUT2D eigenvalue weighted by Gasteiger charge is 2.11. The van der Waals surface area contributed by atoms with E-state index < -0.39 is 0 Å². The van der Waals surface area contributed by atoms with E-state index in [1.165, 1.54) is 7.11 Å². The van der Waals surface area contributed by atoms with Crippen molar-refractivity contribution in [2.75, 3.05) is 12.8 Å². The van der Waals surface area contributed by atoms with Crippen molar-refractivity contribution in [3.05, 3.63) is 50.9 Å². The summed E-state index contributed by atoms with van der Waals surface area (Å²) in [4.78, 5) is 11.2. The molecule has 0 fully saturated rings. The molecule has 0 bridgehead atoms.